The summed E-state index contributed by atoms with van der Waals surface area (Å²) in [5, 5.41) is 9.18. The van der Waals surface area contributed by atoms with Crippen LogP contribution in [0.3, 0.4) is 0 Å². The van der Waals surface area contributed by atoms with E-state index in [1.165, 1.54) is 6.07 Å². The molecule has 1 heterocycles. The molecule has 112 valence electrons. The van der Waals surface area contributed by atoms with Gasteiger partial charge >= 0.3 is 12.1 Å². The van der Waals surface area contributed by atoms with E-state index in [9.17, 15) is 23.1 Å². The lowest BCUT2D eigenvalue weighted by atomic mass is 9.96. The molecule has 21 heavy (non-hydrogen) atoms. The molecule has 1 aromatic carbocycles. The number of rotatable bonds is 2. The lowest BCUT2D eigenvalue weighted by Gasteiger charge is -2.12. The lowest BCUT2D eigenvalue weighted by molar-refractivity contribution is -0.142. The van der Waals surface area contributed by atoms with Gasteiger partial charge in [0.1, 0.15) is 5.82 Å². The fraction of sp³-hybridized carbons (Fsp3) is 0.429. The number of fused-ring (bicyclic) bond motifs is 1. The standard InChI is InChI=1S/C14H13F3N2O2/c15-14(16,17)7-4-5-10-11(6-7)19-12(18-10)8-2-1-3-9(8)13(20)21/h4-6,8-9H,1-3H2,(H,18,19)(H,20,21). The quantitative estimate of drug-likeness (QED) is 0.891. The summed E-state index contributed by atoms with van der Waals surface area (Å²) in [6.07, 6.45) is -2.36. The zero-order valence-corrected chi connectivity index (χ0v) is 10.9. The van der Waals surface area contributed by atoms with Gasteiger partial charge < -0.3 is 10.1 Å². The van der Waals surface area contributed by atoms with Crippen LogP contribution in [-0.2, 0) is 11.0 Å². The molecule has 0 radical (unpaired) electrons. The van der Waals surface area contributed by atoms with Crippen molar-refractivity contribution >= 4 is 17.0 Å². The number of aliphatic carboxylic acids is 1. The number of alkyl halides is 3. The van der Waals surface area contributed by atoms with E-state index in [0.717, 1.165) is 18.6 Å². The molecule has 0 amide bonds. The Bertz CT molecular complexity index is 693. The van der Waals surface area contributed by atoms with Crippen molar-refractivity contribution in [2.75, 3.05) is 0 Å². The first-order valence-corrected chi connectivity index (χ1v) is 6.66. The molecule has 7 heteroatoms. The number of halogens is 3. The van der Waals surface area contributed by atoms with Crippen LogP contribution in [0.1, 0.15) is 36.6 Å². The molecule has 1 aromatic heterocycles. The van der Waals surface area contributed by atoms with Gasteiger partial charge in [0.25, 0.3) is 0 Å². The van der Waals surface area contributed by atoms with Gasteiger partial charge in [-0.2, -0.15) is 13.2 Å². The summed E-state index contributed by atoms with van der Waals surface area (Å²) in [7, 11) is 0. The molecule has 3 rings (SSSR count). The smallest absolute Gasteiger partial charge is 0.416 e. The predicted octanol–water partition coefficient (Wildman–Crippen LogP) is 3.55. The second-order valence-electron chi connectivity index (χ2n) is 5.33. The molecule has 0 aliphatic heterocycles. The minimum absolute atomic E-state index is 0.260. The fourth-order valence-corrected chi connectivity index (χ4v) is 2.96. The number of nitrogens with zero attached hydrogens (tertiary/aromatic N) is 1. The molecule has 2 N–H and O–H groups in total. The molecule has 0 spiro atoms. The zero-order chi connectivity index (χ0) is 15.2. The maximum Gasteiger partial charge on any atom is 0.416 e. The average molecular weight is 298 g/mol. The van der Waals surface area contributed by atoms with Crippen molar-refractivity contribution in [1.82, 2.24) is 9.97 Å². The van der Waals surface area contributed by atoms with Gasteiger partial charge in [-0.15, -0.1) is 0 Å². The molecular formula is C14H13F3N2O2. The number of imidazole rings is 1. The lowest BCUT2D eigenvalue weighted by Crippen LogP contribution is -2.17. The van der Waals surface area contributed by atoms with E-state index in [0.29, 0.717) is 24.2 Å². The van der Waals surface area contributed by atoms with Crippen molar-refractivity contribution in [2.45, 2.75) is 31.4 Å². The second kappa shape index (κ2) is 4.75. The molecule has 1 fully saturated rings. The average Bonchev–Trinajstić information content (AvgIpc) is 3.02. The third-order valence-corrected chi connectivity index (χ3v) is 4.01. The van der Waals surface area contributed by atoms with Crippen LogP contribution in [-0.4, -0.2) is 21.0 Å². The Morgan fingerprint density at radius 2 is 2.10 bits per heavy atom. The monoisotopic (exact) mass is 298 g/mol. The normalized spacial score (nSPS) is 22.8. The van der Waals surface area contributed by atoms with Crippen LogP contribution in [0.2, 0.25) is 0 Å². The Kier molecular flexibility index (Phi) is 3.15. The van der Waals surface area contributed by atoms with Crippen molar-refractivity contribution < 1.29 is 23.1 Å². The highest BCUT2D eigenvalue weighted by atomic mass is 19.4. The molecule has 2 aromatic rings. The largest absolute Gasteiger partial charge is 0.481 e. The van der Waals surface area contributed by atoms with Gasteiger partial charge in [-0.3, -0.25) is 4.79 Å². The topological polar surface area (TPSA) is 66.0 Å². The van der Waals surface area contributed by atoms with Gasteiger partial charge in [0.2, 0.25) is 0 Å². The van der Waals surface area contributed by atoms with Crippen molar-refractivity contribution in [1.29, 1.82) is 0 Å². The molecule has 1 saturated carbocycles. The minimum Gasteiger partial charge on any atom is -0.481 e. The van der Waals surface area contributed by atoms with Crippen molar-refractivity contribution in [3.63, 3.8) is 0 Å². The van der Waals surface area contributed by atoms with Gasteiger partial charge in [-0.1, -0.05) is 6.42 Å². The first kappa shape index (κ1) is 13.9. The molecule has 4 nitrogen and oxygen atoms in total. The molecule has 1 aliphatic carbocycles. The summed E-state index contributed by atoms with van der Waals surface area (Å²) in [5.41, 5.74) is -0.0312. The van der Waals surface area contributed by atoms with E-state index in [4.69, 9.17) is 0 Å². The van der Waals surface area contributed by atoms with Crippen molar-refractivity contribution in [3.8, 4) is 0 Å². The van der Waals surface area contributed by atoms with E-state index in [-0.39, 0.29) is 11.4 Å². The Labute approximate surface area is 118 Å². The number of benzene rings is 1. The Morgan fingerprint density at radius 1 is 1.33 bits per heavy atom. The number of carbonyl (C=O) groups is 1. The van der Waals surface area contributed by atoms with Gasteiger partial charge in [0.15, 0.2) is 0 Å². The van der Waals surface area contributed by atoms with Gasteiger partial charge in [-0.25, -0.2) is 4.98 Å². The summed E-state index contributed by atoms with van der Waals surface area (Å²) in [5.74, 6) is -1.19. The van der Waals surface area contributed by atoms with Gasteiger partial charge in [0.05, 0.1) is 22.5 Å². The van der Waals surface area contributed by atoms with E-state index < -0.39 is 23.6 Å². The van der Waals surface area contributed by atoms with Crippen LogP contribution in [0.15, 0.2) is 18.2 Å². The van der Waals surface area contributed by atoms with Crippen LogP contribution in [0.4, 0.5) is 13.2 Å². The summed E-state index contributed by atoms with van der Waals surface area (Å²) in [4.78, 5) is 18.3. The SMILES string of the molecule is O=C(O)C1CCCC1c1nc2ccc(C(F)(F)F)cc2[nH]1. The number of H-pyrrole nitrogens is 1. The third-order valence-electron chi connectivity index (χ3n) is 4.01. The molecule has 1 aliphatic rings. The van der Waals surface area contributed by atoms with Crippen LogP contribution in [0, 0.1) is 5.92 Å². The highest BCUT2D eigenvalue weighted by Gasteiger charge is 2.36. The van der Waals surface area contributed by atoms with Crippen LogP contribution >= 0.6 is 0 Å². The van der Waals surface area contributed by atoms with E-state index in [2.05, 4.69) is 9.97 Å². The maximum atomic E-state index is 12.7. The molecule has 2 unspecified atom stereocenters. The minimum atomic E-state index is -4.41. The van der Waals surface area contributed by atoms with Gasteiger partial charge in [-0.05, 0) is 31.0 Å². The number of nitrogens with one attached hydrogen (secondary N) is 1. The van der Waals surface area contributed by atoms with Crippen LogP contribution in [0.5, 0.6) is 0 Å². The molecule has 2 atom stereocenters. The molecule has 0 saturated heterocycles. The predicted molar refractivity (Wildman–Crippen MR) is 68.8 cm³/mol. The number of carboxylic acids is 1. The van der Waals surface area contributed by atoms with Crippen molar-refractivity contribution in [2.24, 2.45) is 5.92 Å². The van der Waals surface area contributed by atoms with E-state index in [1.54, 1.807) is 0 Å². The van der Waals surface area contributed by atoms with Crippen LogP contribution in [0.25, 0.3) is 11.0 Å². The van der Waals surface area contributed by atoms with E-state index >= 15 is 0 Å². The summed E-state index contributed by atoms with van der Waals surface area (Å²) < 4.78 is 38.0. The maximum absolute atomic E-state index is 12.7. The number of aromatic amines is 1. The molecular weight excluding hydrogens is 285 g/mol. The highest BCUT2D eigenvalue weighted by molar-refractivity contribution is 5.77. The number of carboxylic acid groups (broad SMARTS) is 1. The molecule has 0 bridgehead atoms. The number of hydrogen-bond donors (Lipinski definition) is 2. The zero-order valence-electron chi connectivity index (χ0n) is 10.9. The third kappa shape index (κ3) is 2.48. The summed E-state index contributed by atoms with van der Waals surface area (Å²) in [6, 6.07) is 3.30. The first-order valence-electron chi connectivity index (χ1n) is 6.66. The Balaban J connectivity index is 1.99. The highest BCUT2D eigenvalue weighted by Crippen LogP contribution is 2.39. The summed E-state index contributed by atoms with van der Waals surface area (Å²) >= 11 is 0. The number of hydrogen-bond acceptors (Lipinski definition) is 2. The second-order valence-corrected chi connectivity index (χ2v) is 5.33. The Hall–Kier alpha value is -2.05. The van der Waals surface area contributed by atoms with E-state index in [1.807, 2.05) is 0 Å². The fourth-order valence-electron chi connectivity index (χ4n) is 2.96. The first-order chi connectivity index (χ1) is 9.86. The van der Waals surface area contributed by atoms with Gasteiger partial charge in [0, 0.05) is 5.92 Å². The number of aromatic nitrogens is 2. The summed E-state index contributed by atoms with van der Waals surface area (Å²) in [6.45, 7) is 0. The Morgan fingerprint density at radius 3 is 2.76 bits per heavy atom. The van der Waals surface area contributed by atoms with Crippen molar-refractivity contribution in [3.05, 3.63) is 29.6 Å². The van der Waals surface area contributed by atoms with Crippen LogP contribution < -0.4 is 0 Å².